The van der Waals surface area contributed by atoms with E-state index in [9.17, 15) is 27.6 Å². The molecule has 2 heterocycles. The number of carbonyl (C=O) groups is 2. The summed E-state index contributed by atoms with van der Waals surface area (Å²) in [6.45, 7) is 0. The molecule has 1 atom stereocenters. The third kappa shape index (κ3) is 3.10. The highest BCUT2D eigenvalue weighted by Gasteiger charge is 2.34. The van der Waals surface area contributed by atoms with Crippen molar-refractivity contribution in [3.63, 3.8) is 0 Å². The fourth-order valence-electron chi connectivity index (χ4n) is 2.52. The lowest BCUT2D eigenvalue weighted by atomic mass is 10.1. The maximum absolute atomic E-state index is 13.0. The van der Waals surface area contributed by atoms with Crippen LogP contribution in [-0.4, -0.2) is 17.9 Å². The van der Waals surface area contributed by atoms with E-state index in [-0.39, 0.29) is 29.0 Å². The predicted molar refractivity (Wildman–Crippen MR) is 77.3 cm³/mol. The Labute approximate surface area is 132 Å². The van der Waals surface area contributed by atoms with Gasteiger partial charge in [0.1, 0.15) is 11.6 Å². The van der Waals surface area contributed by atoms with Crippen molar-refractivity contribution < 1.29 is 27.2 Å². The van der Waals surface area contributed by atoms with Gasteiger partial charge in [-0.1, -0.05) is 0 Å². The molecule has 126 valence electrons. The smallest absolute Gasteiger partial charge is 0.417 e. The second-order valence-corrected chi connectivity index (χ2v) is 5.34. The average Bonchev–Trinajstić information content (AvgIpc) is 2.92. The highest BCUT2D eigenvalue weighted by Crippen LogP contribution is 2.34. The molecule has 6 nitrogen and oxygen atoms in total. The van der Waals surface area contributed by atoms with Gasteiger partial charge in [-0.2, -0.15) is 13.2 Å². The predicted octanol–water partition coefficient (Wildman–Crippen LogP) is 2.03. The molecule has 24 heavy (non-hydrogen) atoms. The van der Waals surface area contributed by atoms with E-state index in [0.29, 0.717) is 12.5 Å². The van der Waals surface area contributed by atoms with E-state index < -0.39 is 29.3 Å². The van der Waals surface area contributed by atoms with Crippen molar-refractivity contribution in [2.75, 3.05) is 5.32 Å². The number of halogens is 3. The zero-order valence-electron chi connectivity index (χ0n) is 12.1. The van der Waals surface area contributed by atoms with Gasteiger partial charge < -0.3 is 15.1 Å². The first-order valence-electron chi connectivity index (χ1n) is 6.99. The van der Waals surface area contributed by atoms with Crippen LogP contribution in [0.1, 0.15) is 18.4 Å². The van der Waals surface area contributed by atoms with Crippen molar-refractivity contribution in [2.45, 2.75) is 25.1 Å². The molecule has 1 aromatic heterocycles. The zero-order chi connectivity index (χ0) is 17.5. The molecule has 0 bridgehead atoms. The second-order valence-electron chi connectivity index (χ2n) is 5.34. The summed E-state index contributed by atoms with van der Waals surface area (Å²) in [5.74, 6) is -0.732. The van der Waals surface area contributed by atoms with Gasteiger partial charge in [-0.25, -0.2) is 4.79 Å². The van der Waals surface area contributed by atoms with E-state index >= 15 is 0 Å². The number of anilines is 1. The summed E-state index contributed by atoms with van der Waals surface area (Å²) < 4.78 is 43.7. The summed E-state index contributed by atoms with van der Waals surface area (Å²) in [6.07, 6.45) is -4.13. The van der Waals surface area contributed by atoms with Crippen LogP contribution in [0.25, 0.3) is 11.0 Å². The van der Waals surface area contributed by atoms with Crippen LogP contribution in [0.5, 0.6) is 0 Å². The molecular formula is C15H11F3N2O4. The molecule has 3 rings (SSSR count). The first kappa shape index (κ1) is 16.0. The minimum Gasteiger partial charge on any atom is -0.423 e. The Bertz CT molecular complexity index is 888. The van der Waals surface area contributed by atoms with Gasteiger partial charge in [0.05, 0.1) is 5.56 Å². The Morgan fingerprint density at radius 1 is 1.25 bits per heavy atom. The minimum absolute atomic E-state index is 0.163. The average molecular weight is 340 g/mol. The Morgan fingerprint density at radius 3 is 2.62 bits per heavy atom. The lowest BCUT2D eigenvalue weighted by Crippen LogP contribution is -2.37. The molecule has 0 saturated carbocycles. The standard InChI is InChI=1S/C15H11F3N2O4/c16-15(17,18)9-6-13(22)24-11-5-7(1-2-8(9)11)19-14(23)10-3-4-12(21)20-10/h1-2,5-6,10H,3-4H2,(H,19,23)(H,20,21)/t10-/m0/s1. The molecule has 2 aromatic rings. The number of fused-ring (bicyclic) bond motifs is 1. The van der Waals surface area contributed by atoms with Crippen LogP contribution < -0.4 is 16.3 Å². The molecule has 1 aromatic carbocycles. The van der Waals surface area contributed by atoms with Gasteiger partial charge in [0.25, 0.3) is 0 Å². The first-order valence-corrected chi connectivity index (χ1v) is 6.99. The van der Waals surface area contributed by atoms with Crippen LogP contribution in [-0.2, 0) is 15.8 Å². The molecule has 0 unspecified atom stereocenters. The van der Waals surface area contributed by atoms with Crippen LogP contribution in [0.4, 0.5) is 18.9 Å². The highest BCUT2D eigenvalue weighted by molar-refractivity contribution is 6.00. The first-order chi connectivity index (χ1) is 11.2. The number of amides is 2. The third-order valence-electron chi connectivity index (χ3n) is 3.63. The van der Waals surface area contributed by atoms with E-state index in [2.05, 4.69) is 10.6 Å². The SMILES string of the molecule is O=C1CC[C@@H](C(=O)Nc2ccc3c(C(F)(F)F)cc(=O)oc3c2)N1. The summed E-state index contributed by atoms with van der Waals surface area (Å²) in [7, 11) is 0. The van der Waals surface area contributed by atoms with E-state index in [1.54, 1.807) is 0 Å². The molecule has 1 saturated heterocycles. The maximum atomic E-state index is 13.0. The Hall–Kier alpha value is -2.84. The molecular weight excluding hydrogens is 329 g/mol. The molecule has 9 heteroatoms. The Morgan fingerprint density at radius 2 is 2.00 bits per heavy atom. The number of rotatable bonds is 2. The monoisotopic (exact) mass is 340 g/mol. The lowest BCUT2D eigenvalue weighted by Gasteiger charge is -2.12. The number of nitrogens with one attached hydrogen (secondary N) is 2. The molecule has 0 radical (unpaired) electrons. The van der Waals surface area contributed by atoms with Crippen molar-refractivity contribution in [3.05, 3.63) is 40.2 Å². The number of hydrogen-bond acceptors (Lipinski definition) is 4. The Kier molecular flexibility index (Phi) is 3.78. The quantitative estimate of drug-likeness (QED) is 0.819. The number of benzene rings is 1. The van der Waals surface area contributed by atoms with Gasteiger partial charge >= 0.3 is 11.8 Å². The number of hydrogen-bond donors (Lipinski definition) is 2. The molecule has 2 N–H and O–H groups in total. The summed E-state index contributed by atoms with van der Waals surface area (Å²) in [6, 6.07) is 3.22. The topological polar surface area (TPSA) is 88.4 Å². The van der Waals surface area contributed by atoms with Crippen molar-refractivity contribution in [1.82, 2.24) is 5.32 Å². The normalized spacial score (nSPS) is 17.8. The number of alkyl halides is 3. The molecule has 0 aliphatic carbocycles. The molecule has 0 spiro atoms. The van der Waals surface area contributed by atoms with Crippen LogP contribution >= 0.6 is 0 Å². The minimum atomic E-state index is -4.70. The van der Waals surface area contributed by atoms with Crippen LogP contribution in [0.2, 0.25) is 0 Å². The van der Waals surface area contributed by atoms with E-state index in [4.69, 9.17) is 4.42 Å². The molecule has 2 amide bonds. The van der Waals surface area contributed by atoms with E-state index in [1.807, 2.05) is 0 Å². The van der Waals surface area contributed by atoms with Gasteiger partial charge in [-0.3, -0.25) is 9.59 Å². The maximum Gasteiger partial charge on any atom is 0.417 e. The van der Waals surface area contributed by atoms with Gasteiger partial charge in [0.15, 0.2) is 0 Å². The summed E-state index contributed by atoms with van der Waals surface area (Å²) in [5, 5.41) is 4.67. The fourth-order valence-corrected chi connectivity index (χ4v) is 2.52. The number of carbonyl (C=O) groups excluding carboxylic acids is 2. The van der Waals surface area contributed by atoms with Crippen molar-refractivity contribution in [3.8, 4) is 0 Å². The van der Waals surface area contributed by atoms with E-state index in [0.717, 1.165) is 12.1 Å². The fraction of sp³-hybridized carbons (Fsp3) is 0.267. The molecule has 1 fully saturated rings. The zero-order valence-corrected chi connectivity index (χ0v) is 12.1. The lowest BCUT2D eigenvalue weighted by molar-refractivity contribution is -0.136. The Balaban J connectivity index is 1.93. The van der Waals surface area contributed by atoms with Gasteiger partial charge in [0, 0.05) is 29.6 Å². The highest BCUT2D eigenvalue weighted by atomic mass is 19.4. The summed E-state index contributed by atoms with van der Waals surface area (Å²) >= 11 is 0. The summed E-state index contributed by atoms with van der Waals surface area (Å²) in [5.41, 5.74) is -2.37. The van der Waals surface area contributed by atoms with Gasteiger partial charge in [-0.15, -0.1) is 0 Å². The van der Waals surface area contributed by atoms with Gasteiger partial charge in [-0.05, 0) is 18.6 Å². The van der Waals surface area contributed by atoms with Crippen molar-refractivity contribution >= 4 is 28.5 Å². The second kappa shape index (κ2) is 5.66. The third-order valence-corrected chi connectivity index (χ3v) is 3.63. The van der Waals surface area contributed by atoms with Gasteiger partial charge in [0.2, 0.25) is 11.8 Å². The van der Waals surface area contributed by atoms with Crippen LogP contribution in [0, 0.1) is 0 Å². The summed E-state index contributed by atoms with van der Waals surface area (Å²) in [4.78, 5) is 34.4. The molecule has 1 aliphatic rings. The van der Waals surface area contributed by atoms with E-state index in [1.165, 1.54) is 6.07 Å². The van der Waals surface area contributed by atoms with Crippen LogP contribution in [0.3, 0.4) is 0 Å². The van der Waals surface area contributed by atoms with Crippen molar-refractivity contribution in [2.24, 2.45) is 0 Å². The van der Waals surface area contributed by atoms with Crippen molar-refractivity contribution in [1.29, 1.82) is 0 Å². The largest absolute Gasteiger partial charge is 0.423 e. The van der Waals surface area contributed by atoms with Crippen LogP contribution in [0.15, 0.2) is 33.5 Å². The molecule has 1 aliphatic heterocycles.